The summed E-state index contributed by atoms with van der Waals surface area (Å²) in [6.45, 7) is 11.3. The van der Waals surface area contributed by atoms with Crippen LogP contribution in [0.2, 0.25) is 0 Å². The van der Waals surface area contributed by atoms with Crippen LogP contribution in [0, 0.1) is 0 Å². The Bertz CT molecular complexity index is 1270. The number of esters is 2. The van der Waals surface area contributed by atoms with E-state index in [1.165, 1.54) is 33.0 Å². The summed E-state index contributed by atoms with van der Waals surface area (Å²) in [6, 6.07) is 21.6. The van der Waals surface area contributed by atoms with Gasteiger partial charge in [-0.15, -0.1) is 0 Å². The highest BCUT2D eigenvalue weighted by Crippen LogP contribution is 2.54. The minimum Gasteiger partial charge on any atom is -0.462 e. The third-order valence-corrected chi connectivity index (χ3v) is 6.79. The fourth-order valence-electron chi connectivity index (χ4n) is 5.13. The van der Waals surface area contributed by atoms with Gasteiger partial charge in [0.25, 0.3) is 0 Å². The van der Waals surface area contributed by atoms with Gasteiger partial charge in [-0.3, -0.25) is 0 Å². The van der Waals surface area contributed by atoms with Crippen LogP contribution in [-0.2, 0) is 24.5 Å². The van der Waals surface area contributed by atoms with E-state index >= 15 is 0 Å². The summed E-state index contributed by atoms with van der Waals surface area (Å²) >= 11 is 0. The minimum atomic E-state index is -0.357. The smallest absolute Gasteiger partial charge is 0.333 e. The summed E-state index contributed by atoms with van der Waals surface area (Å²) in [5.74, 6) is -0.715. The fourth-order valence-corrected chi connectivity index (χ4v) is 5.13. The summed E-state index contributed by atoms with van der Waals surface area (Å²) in [4.78, 5) is 23.8. The summed E-state index contributed by atoms with van der Waals surface area (Å²) in [5, 5.41) is 2.41. The van der Waals surface area contributed by atoms with Crippen LogP contribution in [0.5, 0.6) is 0 Å². The Labute approximate surface area is 207 Å². The van der Waals surface area contributed by atoms with Crippen LogP contribution in [0.15, 0.2) is 85.0 Å². The van der Waals surface area contributed by atoms with Crippen molar-refractivity contribution >= 4 is 22.7 Å². The second-order valence-corrected chi connectivity index (χ2v) is 9.41. The van der Waals surface area contributed by atoms with E-state index in [-0.39, 0.29) is 17.4 Å². The zero-order valence-electron chi connectivity index (χ0n) is 20.6. The number of benzene rings is 3. The molecule has 0 heterocycles. The highest BCUT2D eigenvalue weighted by molar-refractivity contribution is 5.93. The molecule has 4 rings (SSSR count). The highest BCUT2D eigenvalue weighted by atomic mass is 16.5. The first-order valence-electron chi connectivity index (χ1n) is 12.1. The van der Waals surface area contributed by atoms with Gasteiger partial charge in [0, 0.05) is 16.6 Å². The molecule has 0 aliphatic heterocycles. The number of carbonyl (C=O) groups is 2. The van der Waals surface area contributed by atoms with Gasteiger partial charge in [-0.1, -0.05) is 61.7 Å². The monoisotopic (exact) mass is 468 g/mol. The molecule has 0 fully saturated rings. The fraction of sp³-hybridized carbons (Fsp3) is 0.290. The summed E-state index contributed by atoms with van der Waals surface area (Å²) in [7, 11) is 0. The molecule has 0 aromatic heterocycles. The highest BCUT2D eigenvalue weighted by Gasteiger charge is 2.42. The van der Waals surface area contributed by atoms with Crippen molar-refractivity contribution in [3.63, 3.8) is 0 Å². The molecule has 3 aromatic rings. The number of hydrogen-bond donors (Lipinski definition) is 0. The molecule has 4 nitrogen and oxygen atoms in total. The molecule has 0 atom stereocenters. The van der Waals surface area contributed by atoms with Crippen LogP contribution in [-0.4, -0.2) is 25.2 Å². The molecule has 1 aliphatic rings. The van der Waals surface area contributed by atoms with Crippen LogP contribution in [0.25, 0.3) is 21.9 Å². The van der Waals surface area contributed by atoms with E-state index in [2.05, 4.69) is 73.8 Å². The van der Waals surface area contributed by atoms with Crippen molar-refractivity contribution in [1.29, 1.82) is 0 Å². The predicted octanol–water partition coefficient (Wildman–Crippen LogP) is 6.91. The molecule has 0 bridgehead atoms. The van der Waals surface area contributed by atoms with Gasteiger partial charge in [-0.2, -0.15) is 0 Å². The second kappa shape index (κ2) is 10.3. The predicted molar refractivity (Wildman–Crippen MR) is 140 cm³/mol. The standard InChI is InChI=1S/C31H32O4/c1-21(2)29(32)34-17-9-15-31(16-10-18-35-30(33)22(3)4)27-14-8-7-13-25(27)26-19-23-11-5-6-12-24(23)20-28(26)31/h5-8,11-14,19-20H,1,3,9-10,15-18H2,2,4H3. The third-order valence-electron chi connectivity index (χ3n) is 6.79. The Morgan fingerprint density at radius 1 is 0.714 bits per heavy atom. The lowest BCUT2D eigenvalue weighted by molar-refractivity contribution is -0.139. The quantitative estimate of drug-likeness (QED) is 0.184. The summed E-state index contributed by atoms with van der Waals surface area (Å²) in [6.07, 6.45) is 3.05. The van der Waals surface area contributed by atoms with E-state index in [0.717, 1.165) is 12.8 Å². The molecule has 0 saturated heterocycles. The van der Waals surface area contributed by atoms with E-state index in [1.54, 1.807) is 13.8 Å². The molecule has 4 heteroatoms. The van der Waals surface area contributed by atoms with Crippen LogP contribution in [0.1, 0.15) is 50.7 Å². The number of ether oxygens (including phenoxy) is 2. The van der Waals surface area contributed by atoms with Crippen LogP contribution in [0.4, 0.5) is 0 Å². The first-order valence-corrected chi connectivity index (χ1v) is 12.1. The minimum absolute atomic E-state index is 0.263. The molecule has 0 unspecified atom stereocenters. The first-order chi connectivity index (χ1) is 16.8. The largest absolute Gasteiger partial charge is 0.462 e. The Morgan fingerprint density at radius 3 is 1.80 bits per heavy atom. The zero-order chi connectivity index (χ0) is 25.0. The van der Waals surface area contributed by atoms with Gasteiger partial charge in [0.1, 0.15) is 0 Å². The third kappa shape index (κ3) is 4.93. The maximum Gasteiger partial charge on any atom is 0.333 e. The molecule has 1 aliphatic carbocycles. The van der Waals surface area contributed by atoms with Crippen LogP contribution >= 0.6 is 0 Å². The number of fused-ring (bicyclic) bond motifs is 4. The van der Waals surface area contributed by atoms with E-state index in [0.29, 0.717) is 37.2 Å². The lowest BCUT2D eigenvalue weighted by Crippen LogP contribution is -2.27. The molecule has 0 spiro atoms. The van der Waals surface area contributed by atoms with Crippen molar-refractivity contribution in [3.05, 3.63) is 96.1 Å². The van der Waals surface area contributed by atoms with Crippen molar-refractivity contribution in [2.45, 2.75) is 44.9 Å². The Morgan fingerprint density at radius 2 is 1.23 bits per heavy atom. The van der Waals surface area contributed by atoms with Gasteiger partial charge in [0.15, 0.2) is 0 Å². The zero-order valence-corrected chi connectivity index (χ0v) is 20.6. The SMILES string of the molecule is C=C(C)C(=O)OCCCC1(CCCOC(=O)C(=C)C)c2ccccc2-c2cc3ccccc3cc21. The van der Waals surface area contributed by atoms with Gasteiger partial charge in [-0.05, 0) is 84.7 Å². The Kier molecular flexibility index (Phi) is 7.20. The molecule has 180 valence electrons. The van der Waals surface area contributed by atoms with Crippen molar-refractivity contribution in [1.82, 2.24) is 0 Å². The molecular formula is C31H32O4. The number of hydrogen-bond acceptors (Lipinski definition) is 4. The Hall–Kier alpha value is -3.66. The molecule has 0 saturated carbocycles. The van der Waals surface area contributed by atoms with E-state index in [4.69, 9.17) is 9.47 Å². The van der Waals surface area contributed by atoms with Gasteiger partial charge < -0.3 is 9.47 Å². The molecule has 35 heavy (non-hydrogen) atoms. The van der Waals surface area contributed by atoms with Crippen molar-refractivity contribution in [2.24, 2.45) is 0 Å². The average Bonchev–Trinajstić information content (AvgIpc) is 3.12. The van der Waals surface area contributed by atoms with Crippen LogP contribution in [0.3, 0.4) is 0 Å². The van der Waals surface area contributed by atoms with E-state index < -0.39 is 0 Å². The van der Waals surface area contributed by atoms with Gasteiger partial charge in [-0.25, -0.2) is 9.59 Å². The lowest BCUT2D eigenvalue weighted by Gasteiger charge is -2.33. The average molecular weight is 469 g/mol. The van der Waals surface area contributed by atoms with Crippen molar-refractivity contribution in [2.75, 3.05) is 13.2 Å². The molecular weight excluding hydrogens is 436 g/mol. The maximum atomic E-state index is 11.9. The Balaban J connectivity index is 1.69. The number of carbonyl (C=O) groups excluding carboxylic acids is 2. The first kappa shape index (κ1) is 24.5. The topological polar surface area (TPSA) is 52.6 Å². The van der Waals surface area contributed by atoms with Gasteiger partial charge in [0.05, 0.1) is 13.2 Å². The lowest BCUT2D eigenvalue weighted by atomic mass is 9.71. The molecule has 0 amide bonds. The maximum absolute atomic E-state index is 11.9. The van der Waals surface area contributed by atoms with Gasteiger partial charge in [0.2, 0.25) is 0 Å². The van der Waals surface area contributed by atoms with Crippen molar-refractivity contribution in [3.8, 4) is 11.1 Å². The second-order valence-electron chi connectivity index (χ2n) is 9.41. The molecule has 0 radical (unpaired) electrons. The van der Waals surface area contributed by atoms with E-state index in [9.17, 15) is 9.59 Å². The summed E-state index contributed by atoms with van der Waals surface area (Å²) in [5.41, 5.74) is 5.60. The summed E-state index contributed by atoms with van der Waals surface area (Å²) < 4.78 is 10.8. The molecule has 3 aromatic carbocycles. The van der Waals surface area contributed by atoms with Crippen molar-refractivity contribution < 1.29 is 19.1 Å². The number of rotatable bonds is 10. The molecule has 0 N–H and O–H groups in total. The van der Waals surface area contributed by atoms with Gasteiger partial charge >= 0.3 is 11.9 Å². The van der Waals surface area contributed by atoms with E-state index in [1.807, 2.05) is 0 Å². The van der Waals surface area contributed by atoms with Crippen LogP contribution < -0.4 is 0 Å². The normalized spacial score (nSPS) is 13.1.